The molecule has 25 heavy (non-hydrogen) atoms. The van der Waals surface area contributed by atoms with Gasteiger partial charge in [0.2, 0.25) is 5.91 Å². The summed E-state index contributed by atoms with van der Waals surface area (Å²) >= 11 is 0. The van der Waals surface area contributed by atoms with Gasteiger partial charge in [-0.25, -0.2) is 4.39 Å². The molecule has 1 amide bonds. The quantitative estimate of drug-likeness (QED) is 0.886. The molecule has 2 fully saturated rings. The van der Waals surface area contributed by atoms with Crippen LogP contribution < -0.4 is 5.32 Å². The average molecular weight is 350 g/mol. The van der Waals surface area contributed by atoms with E-state index in [4.69, 9.17) is 9.47 Å². The van der Waals surface area contributed by atoms with Gasteiger partial charge in [-0.3, -0.25) is 9.69 Å². The molecule has 0 aliphatic carbocycles. The summed E-state index contributed by atoms with van der Waals surface area (Å²) in [6.07, 6.45) is 1.59. The Bertz CT molecular complexity index is 575. The number of benzene rings is 1. The molecule has 1 spiro atoms. The van der Waals surface area contributed by atoms with Crippen LogP contribution in [0.4, 0.5) is 4.39 Å². The van der Waals surface area contributed by atoms with E-state index >= 15 is 0 Å². The highest BCUT2D eigenvalue weighted by molar-refractivity contribution is 5.78. The average Bonchev–Trinajstić information content (AvgIpc) is 3.04. The molecule has 2 heterocycles. The highest BCUT2D eigenvalue weighted by Crippen LogP contribution is 2.31. The molecule has 1 N–H and O–H groups in total. The summed E-state index contributed by atoms with van der Waals surface area (Å²) in [5, 5.41) is 3.09. The molecule has 1 aromatic rings. The van der Waals surface area contributed by atoms with Crippen LogP contribution in [0.2, 0.25) is 0 Å². The van der Waals surface area contributed by atoms with Crippen molar-refractivity contribution in [2.45, 2.75) is 38.5 Å². The van der Waals surface area contributed by atoms with Gasteiger partial charge >= 0.3 is 0 Å². The van der Waals surface area contributed by atoms with Crippen molar-refractivity contribution >= 4 is 5.91 Å². The fourth-order valence-electron chi connectivity index (χ4n) is 3.56. The smallest absolute Gasteiger partial charge is 0.234 e. The van der Waals surface area contributed by atoms with E-state index in [2.05, 4.69) is 10.2 Å². The number of nitrogens with one attached hydrogen (secondary N) is 1. The maximum absolute atomic E-state index is 13.1. The topological polar surface area (TPSA) is 50.8 Å². The Labute approximate surface area is 148 Å². The molecule has 1 atom stereocenters. The van der Waals surface area contributed by atoms with Crippen molar-refractivity contribution in [3.05, 3.63) is 35.6 Å². The van der Waals surface area contributed by atoms with Crippen LogP contribution in [0.25, 0.3) is 0 Å². The molecule has 138 valence electrons. The zero-order valence-electron chi connectivity index (χ0n) is 15.0. The Hall–Kier alpha value is -1.50. The van der Waals surface area contributed by atoms with Crippen molar-refractivity contribution < 1.29 is 18.7 Å². The number of carbonyl (C=O) groups is 1. The first-order valence-electron chi connectivity index (χ1n) is 9.02. The van der Waals surface area contributed by atoms with Gasteiger partial charge in [-0.05, 0) is 23.6 Å². The number of carbonyl (C=O) groups excluding carboxylic acids is 1. The van der Waals surface area contributed by atoms with Crippen LogP contribution in [0.1, 0.15) is 38.3 Å². The van der Waals surface area contributed by atoms with Crippen molar-refractivity contribution in [3.8, 4) is 0 Å². The maximum Gasteiger partial charge on any atom is 0.234 e. The van der Waals surface area contributed by atoms with Gasteiger partial charge in [0, 0.05) is 25.9 Å². The lowest BCUT2D eigenvalue weighted by Crippen LogP contribution is -2.48. The summed E-state index contributed by atoms with van der Waals surface area (Å²) in [5.74, 6) is -0.468. The van der Waals surface area contributed by atoms with Crippen molar-refractivity contribution in [1.82, 2.24) is 10.2 Å². The molecular formula is C19H27FN2O3. The van der Waals surface area contributed by atoms with E-state index in [1.54, 1.807) is 12.1 Å². The zero-order valence-corrected chi connectivity index (χ0v) is 15.0. The van der Waals surface area contributed by atoms with Crippen molar-refractivity contribution in [1.29, 1.82) is 0 Å². The minimum absolute atomic E-state index is 0.00719. The van der Waals surface area contributed by atoms with E-state index in [1.807, 2.05) is 13.8 Å². The van der Waals surface area contributed by atoms with E-state index in [0.717, 1.165) is 31.5 Å². The Morgan fingerprint density at radius 2 is 1.80 bits per heavy atom. The van der Waals surface area contributed by atoms with Crippen LogP contribution in [0.3, 0.4) is 0 Å². The molecule has 2 saturated heterocycles. The number of hydrogen-bond donors (Lipinski definition) is 1. The van der Waals surface area contributed by atoms with Crippen molar-refractivity contribution in [2.24, 2.45) is 5.92 Å². The monoisotopic (exact) mass is 350 g/mol. The number of rotatable bonds is 5. The summed E-state index contributed by atoms with van der Waals surface area (Å²) in [6.45, 7) is 7.36. The second kappa shape index (κ2) is 7.81. The van der Waals surface area contributed by atoms with Crippen molar-refractivity contribution in [3.63, 3.8) is 0 Å². The lowest BCUT2D eigenvalue weighted by Gasteiger charge is -2.37. The van der Waals surface area contributed by atoms with Crippen LogP contribution in [0, 0.1) is 11.7 Å². The Balaban J connectivity index is 1.53. The molecule has 5 nitrogen and oxygen atoms in total. The van der Waals surface area contributed by atoms with E-state index in [-0.39, 0.29) is 23.7 Å². The summed E-state index contributed by atoms with van der Waals surface area (Å²) in [7, 11) is 0. The second-order valence-electron chi connectivity index (χ2n) is 7.22. The lowest BCUT2D eigenvalue weighted by atomic mass is 9.96. The molecule has 2 aliphatic heterocycles. The van der Waals surface area contributed by atoms with Gasteiger partial charge in [-0.2, -0.15) is 0 Å². The van der Waals surface area contributed by atoms with Gasteiger partial charge in [0.1, 0.15) is 5.82 Å². The first-order valence-corrected chi connectivity index (χ1v) is 9.02. The largest absolute Gasteiger partial charge is 0.348 e. The predicted octanol–water partition coefficient (Wildman–Crippen LogP) is 2.48. The summed E-state index contributed by atoms with van der Waals surface area (Å²) in [5.41, 5.74) is 0.926. The second-order valence-corrected chi connectivity index (χ2v) is 7.22. The number of halogens is 1. The molecule has 0 aromatic heterocycles. The molecule has 0 bridgehead atoms. The highest BCUT2D eigenvalue weighted by atomic mass is 19.1. The van der Waals surface area contributed by atoms with Gasteiger partial charge in [0.25, 0.3) is 0 Å². The third kappa shape index (κ3) is 4.57. The number of ether oxygens (including phenoxy) is 2. The minimum Gasteiger partial charge on any atom is -0.348 e. The van der Waals surface area contributed by atoms with Gasteiger partial charge < -0.3 is 14.8 Å². The third-order valence-corrected chi connectivity index (χ3v) is 5.01. The fourth-order valence-corrected chi connectivity index (χ4v) is 3.56. The molecular weight excluding hydrogens is 323 g/mol. The van der Waals surface area contributed by atoms with Crippen LogP contribution in [0.15, 0.2) is 24.3 Å². The first kappa shape index (κ1) is 18.3. The normalized spacial score (nSPS) is 21.6. The first-order chi connectivity index (χ1) is 12.0. The standard InChI is InChI=1S/C19H27FN2O3/c1-14(2)18(15-3-5-16(20)6-4-15)21-17(23)13-22-9-7-19(8-10-22)24-11-12-25-19/h3-6,14,18H,7-13H2,1-2H3,(H,21,23). The summed E-state index contributed by atoms with van der Waals surface area (Å²) in [4.78, 5) is 14.6. The molecule has 6 heteroatoms. The fraction of sp³-hybridized carbons (Fsp3) is 0.632. The van der Waals surface area contributed by atoms with E-state index < -0.39 is 5.79 Å². The molecule has 0 saturated carbocycles. The Morgan fingerprint density at radius 3 is 2.36 bits per heavy atom. The number of piperidine rings is 1. The number of nitrogens with zero attached hydrogens (tertiary/aromatic N) is 1. The van der Waals surface area contributed by atoms with E-state index in [9.17, 15) is 9.18 Å². The molecule has 2 aliphatic rings. The number of likely N-dealkylation sites (tertiary alicyclic amines) is 1. The summed E-state index contributed by atoms with van der Waals surface area (Å²) < 4.78 is 24.6. The Morgan fingerprint density at radius 1 is 1.20 bits per heavy atom. The van der Waals surface area contributed by atoms with Gasteiger partial charge in [0.15, 0.2) is 5.79 Å². The van der Waals surface area contributed by atoms with Crippen LogP contribution in [-0.4, -0.2) is 49.4 Å². The third-order valence-electron chi connectivity index (χ3n) is 5.01. The van der Waals surface area contributed by atoms with E-state index in [0.29, 0.717) is 19.8 Å². The lowest BCUT2D eigenvalue weighted by molar-refractivity contribution is -0.185. The van der Waals surface area contributed by atoms with Gasteiger partial charge in [-0.1, -0.05) is 26.0 Å². The molecule has 1 unspecified atom stereocenters. The van der Waals surface area contributed by atoms with Crippen molar-refractivity contribution in [2.75, 3.05) is 32.8 Å². The van der Waals surface area contributed by atoms with Gasteiger partial charge in [0.05, 0.1) is 25.8 Å². The number of hydrogen-bond acceptors (Lipinski definition) is 4. The van der Waals surface area contributed by atoms with Crippen LogP contribution in [-0.2, 0) is 14.3 Å². The highest BCUT2D eigenvalue weighted by Gasteiger charge is 2.40. The zero-order chi connectivity index (χ0) is 17.9. The molecule has 3 rings (SSSR count). The van der Waals surface area contributed by atoms with Crippen LogP contribution in [0.5, 0.6) is 0 Å². The van der Waals surface area contributed by atoms with E-state index in [1.165, 1.54) is 12.1 Å². The number of amides is 1. The van der Waals surface area contributed by atoms with Crippen LogP contribution >= 0.6 is 0 Å². The minimum atomic E-state index is -0.415. The SMILES string of the molecule is CC(C)C(NC(=O)CN1CCC2(CC1)OCCO2)c1ccc(F)cc1. The predicted molar refractivity (Wildman–Crippen MR) is 92.4 cm³/mol. The van der Waals surface area contributed by atoms with Gasteiger partial charge in [-0.15, -0.1) is 0 Å². The molecule has 0 radical (unpaired) electrons. The Kier molecular flexibility index (Phi) is 5.71. The maximum atomic E-state index is 13.1. The molecule has 1 aromatic carbocycles. The summed E-state index contributed by atoms with van der Waals surface area (Å²) in [6, 6.07) is 6.22.